The van der Waals surface area contributed by atoms with Crippen molar-refractivity contribution in [3.63, 3.8) is 0 Å². The first kappa shape index (κ1) is 19.4. The van der Waals surface area contributed by atoms with Crippen LogP contribution in [0.1, 0.15) is 30.5 Å². The zero-order valence-electron chi connectivity index (χ0n) is 15.0. The Morgan fingerprint density at radius 3 is 2.70 bits per heavy atom. The minimum Gasteiger partial charge on any atom is -0.493 e. The lowest BCUT2D eigenvalue weighted by atomic mass is 10.0. The summed E-state index contributed by atoms with van der Waals surface area (Å²) in [4.78, 5) is 0. The normalized spacial score (nSPS) is 16.4. The maximum Gasteiger partial charge on any atom is 0.422 e. The van der Waals surface area contributed by atoms with Crippen molar-refractivity contribution < 1.29 is 27.4 Å². The number of ether oxygens (including phenoxy) is 3. The first-order chi connectivity index (χ1) is 13.0. The van der Waals surface area contributed by atoms with Gasteiger partial charge in [-0.25, -0.2) is 0 Å². The van der Waals surface area contributed by atoms with Crippen LogP contribution in [0.4, 0.5) is 13.2 Å². The van der Waals surface area contributed by atoms with Crippen molar-refractivity contribution in [2.45, 2.75) is 32.1 Å². The summed E-state index contributed by atoms with van der Waals surface area (Å²) in [7, 11) is 0. The Morgan fingerprint density at radius 1 is 1.11 bits per heavy atom. The quantitative estimate of drug-likeness (QED) is 0.759. The molecule has 0 radical (unpaired) electrons. The number of hydrogen-bond donors (Lipinski definition) is 1. The van der Waals surface area contributed by atoms with Crippen molar-refractivity contribution in [2.24, 2.45) is 0 Å². The van der Waals surface area contributed by atoms with Crippen LogP contribution in [0.25, 0.3) is 0 Å². The van der Waals surface area contributed by atoms with Gasteiger partial charge in [-0.2, -0.15) is 13.2 Å². The Bertz CT molecular complexity index is 764. The van der Waals surface area contributed by atoms with Gasteiger partial charge in [-0.15, -0.1) is 0 Å². The fourth-order valence-corrected chi connectivity index (χ4v) is 3.00. The molecule has 0 aliphatic carbocycles. The number of alkyl halides is 3. The van der Waals surface area contributed by atoms with E-state index in [0.717, 1.165) is 23.3 Å². The Balaban J connectivity index is 1.68. The molecule has 27 heavy (non-hydrogen) atoms. The van der Waals surface area contributed by atoms with E-state index in [9.17, 15) is 13.2 Å². The summed E-state index contributed by atoms with van der Waals surface area (Å²) in [6.07, 6.45) is -3.54. The molecule has 1 aliphatic heterocycles. The zero-order valence-corrected chi connectivity index (χ0v) is 15.0. The molecule has 2 aromatic carbocycles. The molecule has 0 fully saturated rings. The van der Waals surface area contributed by atoms with Gasteiger partial charge in [-0.05, 0) is 30.7 Å². The van der Waals surface area contributed by atoms with E-state index in [4.69, 9.17) is 14.2 Å². The predicted octanol–water partition coefficient (Wildman–Crippen LogP) is 4.64. The predicted molar refractivity (Wildman–Crippen MR) is 95.3 cm³/mol. The van der Waals surface area contributed by atoms with Crippen LogP contribution in [0.15, 0.2) is 42.5 Å². The molecular formula is C20H22F3NO3. The molecule has 2 aromatic rings. The van der Waals surface area contributed by atoms with E-state index >= 15 is 0 Å². The number of hydrogen-bond acceptors (Lipinski definition) is 4. The Hall–Kier alpha value is -2.41. The van der Waals surface area contributed by atoms with E-state index < -0.39 is 12.8 Å². The van der Waals surface area contributed by atoms with Gasteiger partial charge in [0, 0.05) is 24.6 Å². The summed E-state index contributed by atoms with van der Waals surface area (Å²) < 4.78 is 53.2. The van der Waals surface area contributed by atoms with E-state index in [0.29, 0.717) is 25.5 Å². The molecule has 4 nitrogen and oxygen atoms in total. The number of benzene rings is 2. The minimum atomic E-state index is -4.39. The lowest BCUT2D eigenvalue weighted by Crippen LogP contribution is -2.26. The van der Waals surface area contributed by atoms with Gasteiger partial charge < -0.3 is 19.5 Å². The molecule has 3 rings (SSSR count). The smallest absolute Gasteiger partial charge is 0.422 e. The molecule has 1 N–H and O–H groups in total. The maximum absolute atomic E-state index is 12.4. The van der Waals surface area contributed by atoms with Crippen LogP contribution in [0.2, 0.25) is 0 Å². The summed E-state index contributed by atoms with van der Waals surface area (Å²) in [6, 6.07) is 13.0. The first-order valence-electron chi connectivity index (χ1n) is 8.86. The topological polar surface area (TPSA) is 39.7 Å². The fourth-order valence-electron chi connectivity index (χ4n) is 3.00. The van der Waals surface area contributed by atoms with Crippen molar-refractivity contribution in [2.75, 3.05) is 19.8 Å². The van der Waals surface area contributed by atoms with Gasteiger partial charge in [-0.1, -0.05) is 24.3 Å². The van der Waals surface area contributed by atoms with Crippen molar-refractivity contribution >= 4 is 0 Å². The molecular weight excluding hydrogens is 359 g/mol. The highest BCUT2D eigenvalue weighted by molar-refractivity contribution is 5.43. The van der Waals surface area contributed by atoms with Gasteiger partial charge in [-0.3, -0.25) is 0 Å². The van der Waals surface area contributed by atoms with Gasteiger partial charge >= 0.3 is 6.18 Å². The molecule has 0 bridgehead atoms. The Kier molecular flexibility index (Phi) is 6.11. The third-order valence-corrected chi connectivity index (χ3v) is 4.21. The molecule has 1 aliphatic rings. The highest BCUT2D eigenvalue weighted by Gasteiger charge is 2.29. The summed E-state index contributed by atoms with van der Waals surface area (Å²) in [5.41, 5.74) is 2.01. The average Bonchev–Trinajstić information content (AvgIpc) is 2.65. The third-order valence-electron chi connectivity index (χ3n) is 4.21. The number of halogens is 3. The summed E-state index contributed by atoms with van der Waals surface area (Å²) in [5.74, 6) is 1.29. The molecule has 0 amide bonds. The van der Waals surface area contributed by atoms with Crippen molar-refractivity contribution in [3.8, 4) is 17.2 Å². The van der Waals surface area contributed by atoms with Gasteiger partial charge in [0.1, 0.15) is 5.75 Å². The van der Waals surface area contributed by atoms with Crippen LogP contribution in [0.5, 0.6) is 17.2 Å². The van der Waals surface area contributed by atoms with Gasteiger partial charge in [0.15, 0.2) is 18.1 Å². The van der Waals surface area contributed by atoms with Crippen molar-refractivity contribution in [1.82, 2.24) is 5.32 Å². The van der Waals surface area contributed by atoms with Crippen LogP contribution < -0.4 is 19.5 Å². The molecule has 0 aromatic heterocycles. The van der Waals surface area contributed by atoms with Crippen LogP contribution in [0, 0.1) is 0 Å². The second-order valence-electron chi connectivity index (χ2n) is 6.23. The molecule has 1 atom stereocenters. The number of fused-ring (bicyclic) bond motifs is 1. The lowest BCUT2D eigenvalue weighted by Gasteiger charge is -2.27. The number of rotatable bonds is 7. The molecule has 7 heteroatoms. The SMILES string of the molecule is CCOc1cc(CNC2CCOc3ccccc32)ccc1OCC(F)(F)F. The highest BCUT2D eigenvalue weighted by Crippen LogP contribution is 2.33. The standard InChI is InChI=1S/C20H22F3NO3/c1-2-25-19-11-14(7-8-18(19)27-13-20(21,22)23)12-24-16-9-10-26-17-6-4-3-5-15(16)17/h3-8,11,16,24H,2,9-10,12-13H2,1H3. The number of nitrogens with one attached hydrogen (secondary N) is 1. The largest absolute Gasteiger partial charge is 0.493 e. The highest BCUT2D eigenvalue weighted by atomic mass is 19.4. The zero-order chi connectivity index (χ0) is 19.3. The minimum absolute atomic E-state index is 0.0920. The third kappa shape index (κ3) is 5.29. The van der Waals surface area contributed by atoms with Gasteiger partial charge in [0.25, 0.3) is 0 Å². The van der Waals surface area contributed by atoms with Crippen LogP contribution in [-0.4, -0.2) is 26.0 Å². The van der Waals surface area contributed by atoms with E-state index in [1.54, 1.807) is 19.1 Å². The molecule has 1 unspecified atom stereocenters. The molecule has 146 valence electrons. The molecule has 1 heterocycles. The lowest BCUT2D eigenvalue weighted by molar-refractivity contribution is -0.153. The Labute approximate surface area is 156 Å². The monoisotopic (exact) mass is 381 g/mol. The first-order valence-corrected chi connectivity index (χ1v) is 8.86. The van der Waals surface area contributed by atoms with Crippen molar-refractivity contribution in [1.29, 1.82) is 0 Å². The number of para-hydroxylation sites is 1. The summed E-state index contributed by atoms with van der Waals surface area (Å²) in [6.45, 7) is 1.97. The fraction of sp³-hybridized carbons (Fsp3) is 0.400. The Morgan fingerprint density at radius 2 is 1.93 bits per heavy atom. The van der Waals surface area contributed by atoms with Crippen LogP contribution >= 0.6 is 0 Å². The molecule has 0 saturated carbocycles. The van der Waals surface area contributed by atoms with E-state index in [1.807, 2.05) is 24.3 Å². The summed E-state index contributed by atoms with van der Waals surface area (Å²) >= 11 is 0. The molecule has 0 spiro atoms. The van der Waals surface area contributed by atoms with E-state index in [2.05, 4.69) is 5.32 Å². The maximum atomic E-state index is 12.4. The van der Waals surface area contributed by atoms with Crippen molar-refractivity contribution in [3.05, 3.63) is 53.6 Å². The summed E-state index contributed by atoms with van der Waals surface area (Å²) in [5, 5.41) is 3.48. The van der Waals surface area contributed by atoms with Crippen LogP contribution in [0.3, 0.4) is 0 Å². The second kappa shape index (κ2) is 8.52. The van der Waals surface area contributed by atoms with E-state index in [1.165, 1.54) is 6.07 Å². The second-order valence-corrected chi connectivity index (χ2v) is 6.23. The molecule has 0 saturated heterocycles. The average molecular weight is 381 g/mol. The van der Waals surface area contributed by atoms with Crippen LogP contribution in [-0.2, 0) is 6.54 Å². The van der Waals surface area contributed by atoms with E-state index in [-0.39, 0.29) is 11.8 Å². The van der Waals surface area contributed by atoms with Gasteiger partial charge in [0.2, 0.25) is 0 Å². The van der Waals surface area contributed by atoms with Gasteiger partial charge in [0.05, 0.1) is 13.2 Å².